The first-order valence-electron chi connectivity index (χ1n) is 13.5. The number of para-hydroxylation sites is 1. The quantitative estimate of drug-likeness (QED) is 0.224. The average molecular weight is 538 g/mol. The number of unbranched alkanes of at least 4 members (excludes halogenated alkanes) is 1. The number of imide groups is 1. The van der Waals surface area contributed by atoms with Gasteiger partial charge in [0.05, 0.1) is 12.1 Å². The third-order valence-corrected chi connectivity index (χ3v) is 7.61. The lowest BCUT2D eigenvalue weighted by atomic mass is 9.91. The number of hydrogen-bond donors (Lipinski definition) is 1. The Balaban J connectivity index is 1.11. The molecule has 4 aromatic rings. The number of carbonyl (C=O) groups excluding carboxylic acids is 2. The summed E-state index contributed by atoms with van der Waals surface area (Å²) >= 11 is 0. The standard InChI is InChI=1S/C32H31N3O5/c1-21-9-8-12-25-28(21)33-19-23(17-22-10-4-3-5-11-22)29(25)38-16-7-6-15-35-30(36)32(2,34-31(35)37)24-13-14-26-27(18-24)40-20-39-26/h3-5,8-14,18-19H,6-7,15-17,20H2,1-2H3,(H,34,37). The van der Waals surface area contributed by atoms with E-state index >= 15 is 0 Å². The van der Waals surface area contributed by atoms with E-state index in [9.17, 15) is 9.59 Å². The monoisotopic (exact) mass is 537 g/mol. The van der Waals surface area contributed by atoms with E-state index in [0.29, 0.717) is 49.5 Å². The number of carbonyl (C=O) groups is 2. The van der Waals surface area contributed by atoms with E-state index in [1.165, 1.54) is 10.5 Å². The van der Waals surface area contributed by atoms with Gasteiger partial charge in [-0.1, -0.05) is 48.5 Å². The second-order valence-corrected chi connectivity index (χ2v) is 10.4. The second-order valence-electron chi connectivity index (χ2n) is 10.4. The zero-order valence-electron chi connectivity index (χ0n) is 22.6. The van der Waals surface area contributed by atoms with Crippen molar-refractivity contribution in [2.24, 2.45) is 0 Å². The van der Waals surface area contributed by atoms with Crippen LogP contribution in [0.15, 0.2) is 72.9 Å². The fourth-order valence-electron chi connectivity index (χ4n) is 5.35. The number of nitrogens with one attached hydrogen (secondary N) is 1. The van der Waals surface area contributed by atoms with Gasteiger partial charge in [-0.25, -0.2) is 4.79 Å². The summed E-state index contributed by atoms with van der Waals surface area (Å²) in [5.74, 6) is 1.76. The molecule has 3 heterocycles. The minimum absolute atomic E-state index is 0.145. The summed E-state index contributed by atoms with van der Waals surface area (Å²) in [5, 5.41) is 3.85. The molecule has 8 heteroatoms. The van der Waals surface area contributed by atoms with Gasteiger partial charge in [0.1, 0.15) is 11.3 Å². The van der Waals surface area contributed by atoms with Gasteiger partial charge in [0.2, 0.25) is 6.79 Å². The Hall–Kier alpha value is -4.59. The zero-order valence-corrected chi connectivity index (χ0v) is 22.6. The van der Waals surface area contributed by atoms with E-state index < -0.39 is 11.6 Å². The van der Waals surface area contributed by atoms with Crippen LogP contribution < -0.4 is 19.5 Å². The fourth-order valence-corrected chi connectivity index (χ4v) is 5.35. The van der Waals surface area contributed by atoms with E-state index in [2.05, 4.69) is 17.4 Å². The van der Waals surface area contributed by atoms with Gasteiger partial charge >= 0.3 is 6.03 Å². The molecule has 0 saturated carbocycles. The van der Waals surface area contributed by atoms with Crippen LogP contribution in [0.25, 0.3) is 10.9 Å². The minimum atomic E-state index is -1.16. The topological polar surface area (TPSA) is 90.0 Å². The largest absolute Gasteiger partial charge is 0.493 e. The number of ether oxygens (including phenoxy) is 3. The number of hydrogen-bond acceptors (Lipinski definition) is 6. The Morgan fingerprint density at radius 1 is 1.00 bits per heavy atom. The average Bonchev–Trinajstić information content (AvgIpc) is 3.52. The van der Waals surface area contributed by atoms with Crippen molar-refractivity contribution in [3.05, 3.63) is 95.2 Å². The van der Waals surface area contributed by atoms with Gasteiger partial charge in [-0.2, -0.15) is 0 Å². The first-order valence-corrected chi connectivity index (χ1v) is 13.5. The molecule has 0 spiro atoms. The molecule has 1 unspecified atom stereocenters. The number of fused-ring (bicyclic) bond motifs is 2. The first-order chi connectivity index (χ1) is 19.4. The molecule has 2 aliphatic rings. The zero-order chi connectivity index (χ0) is 27.7. The normalized spacial score (nSPS) is 17.9. The lowest BCUT2D eigenvalue weighted by Gasteiger charge is -2.22. The third-order valence-electron chi connectivity index (χ3n) is 7.61. The number of amides is 3. The van der Waals surface area contributed by atoms with Crippen molar-refractivity contribution < 1.29 is 23.8 Å². The molecule has 3 aromatic carbocycles. The Morgan fingerprint density at radius 3 is 2.67 bits per heavy atom. The van der Waals surface area contributed by atoms with Gasteiger partial charge in [0, 0.05) is 30.1 Å². The van der Waals surface area contributed by atoms with E-state index in [-0.39, 0.29) is 12.7 Å². The Bertz CT molecular complexity index is 1590. The Morgan fingerprint density at radius 2 is 1.82 bits per heavy atom. The van der Waals surface area contributed by atoms with Crippen LogP contribution in [0.4, 0.5) is 4.79 Å². The molecule has 2 aliphatic heterocycles. The molecule has 1 aromatic heterocycles. The summed E-state index contributed by atoms with van der Waals surface area (Å²) < 4.78 is 17.2. The van der Waals surface area contributed by atoms with Crippen molar-refractivity contribution in [1.82, 2.24) is 15.2 Å². The maximum Gasteiger partial charge on any atom is 0.325 e. The summed E-state index contributed by atoms with van der Waals surface area (Å²) in [5.41, 5.74) is 3.73. The van der Waals surface area contributed by atoms with E-state index in [1.807, 2.05) is 49.5 Å². The molecule has 0 bridgehead atoms. The molecule has 1 atom stereocenters. The summed E-state index contributed by atoms with van der Waals surface area (Å²) in [6.07, 6.45) is 3.92. The molecule has 3 amide bonds. The van der Waals surface area contributed by atoms with E-state index in [1.54, 1.807) is 25.1 Å². The van der Waals surface area contributed by atoms with Crippen molar-refractivity contribution in [2.45, 2.75) is 38.6 Å². The predicted molar refractivity (Wildman–Crippen MR) is 151 cm³/mol. The Labute approximate surface area is 232 Å². The van der Waals surface area contributed by atoms with Crippen LogP contribution in [0.5, 0.6) is 17.2 Å². The molecule has 40 heavy (non-hydrogen) atoms. The number of benzene rings is 3. The number of urea groups is 1. The SMILES string of the molecule is Cc1cccc2c(OCCCCN3C(=O)NC(C)(c4ccc5c(c4)OCO5)C3=O)c(Cc3ccccc3)cnc12. The van der Waals surface area contributed by atoms with Crippen LogP contribution in [-0.2, 0) is 16.8 Å². The van der Waals surface area contributed by atoms with Gasteiger partial charge in [-0.05, 0) is 61.6 Å². The van der Waals surface area contributed by atoms with Crippen LogP contribution in [0.2, 0.25) is 0 Å². The van der Waals surface area contributed by atoms with Gasteiger partial charge in [-0.15, -0.1) is 0 Å². The highest BCUT2D eigenvalue weighted by molar-refractivity contribution is 6.07. The van der Waals surface area contributed by atoms with Gasteiger partial charge in [0.25, 0.3) is 5.91 Å². The number of aromatic nitrogens is 1. The fraction of sp³-hybridized carbons (Fsp3) is 0.281. The highest BCUT2D eigenvalue weighted by Gasteiger charge is 2.49. The van der Waals surface area contributed by atoms with Crippen LogP contribution in [-0.4, -0.2) is 41.8 Å². The molecule has 204 valence electrons. The van der Waals surface area contributed by atoms with Gasteiger partial charge in [-0.3, -0.25) is 14.7 Å². The number of nitrogens with zero attached hydrogens (tertiary/aromatic N) is 2. The second kappa shape index (κ2) is 10.5. The molecular formula is C32H31N3O5. The van der Waals surface area contributed by atoms with Gasteiger partial charge in [0.15, 0.2) is 11.5 Å². The summed E-state index contributed by atoms with van der Waals surface area (Å²) in [6.45, 7) is 4.68. The number of pyridine rings is 1. The highest BCUT2D eigenvalue weighted by Crippen LogP contribution is 2.38. The van der Waals surface area contributed by atoms with Crippen molar-refractivity contribution in [2.75, 3.05) is 19.9 Å². The predicted octanol–water partition coefficient (Wildman–Crippen LogP) is 5.49. The van der Waals surface area contributed by atoms with Crippen molar-refractivity contribution in [1.29, 1.82) is 0 Å². The minimum Gasteiger partial charge on any atom is -0.493 e. The smallest absolute Gasteiger partial charge is 0.325 e. The van der Waals surface area contributed by atoms with Crippen molar-refractivity contribution in [3.63, 3.8) is 0 Å². The first kappa shape index (κ1) is 25.7. The van der Waals surface area contributed by atoms with Gasteiger partial charge < -0.3 is 19.5 Å². The van der Waals surface area contributed by atoms with Crippen LogP contribution in [0, 0.1) is 6.92 Å². The molecule has 6 rings (SSSR count). The van der Waals surface area contributed by atoms with E-state index in [4.69, 9.17) is 19.2 Å². The lowest BCUT2D eigenvalue weighted by molar-refractivity contribution is -0.131. The van der Waals surface area contributed by atoms with Crippen molar-refractivity contribution >= 4 is 22.8 Å². The number of rotatable bonds is 9. The van der Waals surface area contributed by atoms with Crippen molar-refractivity contribution in [3.8, 4) is 17.2 Å². The van der Waals surface area contributed by atoms with Crippen LogP contribution in [0.3, 0.4) is 0 Å². The summed E-state index contributed by atoms with van der Waals surface area (Å²) in [6, 6.07) is 21.3. The maximum absolute atomic E-state index is 13.4. The van der Waals surface area contributed by atoms with E-state index in [0.717, 1.165) is 27.8 Å². The maximum atomic E-state index is 13.4. The molecule has 1 fully saturated rings. The number of aryl methyl sites for hydroxylation is 1. The molecule has 8 nitrogen and oxygen atoms in total. The highest BCUT2D eigenvalue weighted by atomic mass is 16.7. The lowest BCUT2D eigenvalue weighted by Crippen LogP contribution is -2.41. The van der Waals surface area contributed by atoms with Crippen LogP contribution >= 0.6 is 0 Å². The Kier molecular flexibility index (Phi) is 6.76. The molecule has 1 N–H and O–H groups in total. The third kappa shape index (κ3) is 4.70. The molecule has 0 radical (unpaired) electrons. The summed E-state index contributed by atoms with van der Waals surface area (Å²) in [7, 11) is 0. The molecular weight excluding hydrogens is 506 g/mol. The van der Waals surface area contributed by atoms with Crippen LogP contribution in [0.1, 0.15) is 42.0 Å². The molecule has 0 aliphatic carbocycles. The molecule has 1 saturated heterocycles. The summed E-state index contributed by atoms with van der Waals surface area (Å²) in [4.78, 5) is 32.2.